The van der Waals surface area contributed by atoms with Crippen molar-refractivity contribution in [3.05, 3.63) is 23.5 Å². The van der Waals surface area contributed by atoms with E-state index in [2.05, 4.69) is 4.98 Å². The molecule has 0 bridgehead atoms. The number of nitrogens with zero attached hydrogens (tertiary/aromatic N) is 2. The lowest BCUT2D eigenvalue weighted by molar-refractivity contribution is 0.0996. The number of aromatic nitrogens is 1. The maximum absolute atomic E-state index is 10.7. The summed E-state index contributed by atoms with van der Waals surface area (Å²) < 4.78 is 0. The SMILES string of the molecule is N#Cc1ccnc(C(N)=O)c1N. The van der Waals surface area contributed by atoms with E-state index < -0.39 is 5.91 Å². The lowest BCUT2D eigenvalue weighted by Gasteiger charge is -2.00. The summed E-state index contributed by atoms with van der Waals surface area (Å²) in [6, 6.07) is 3.24. The molecule has 1 aromatic heterocycles. The zero-order chi connectivity index (χ0) is 9.14. The third kappa shape index (κ3) is 1.18. The second kappa shape index (κ2) is 2.88. The maximum atomic E-state index is 10.7. The normalized spacial score (nSPS) is 8.92. The molecule has 0 aromatic carbocycles. The number of pyridine rings is 1. The summed E-state index contributed by atoms with van der Waals surface area (Å²) in [7, 11) is 0. The number of nitrogens with two attached hydrogens (primary N) is 2. The van der Waals surface area contributed by atoms with Crippen LogP contribution in [0, 0.1) is 11.3 Å². The van der Waals surface area contributed by atoms with Gasteiger partial charge in [-0.25, -0.2) is 4.98 Å². The maximum Gasteiger partial charge on any atom is 0.269 e. The molecular weight excluding hydrogens is 156 g/mol. The fourth-order valence-corrected chi connectivity index (χ4v) is 0.767. The predicted octanol–water partition coefficient (Wildman–Crippen LogP) is -0.366. The van der Waals surface area contributed by atoms with Crippen molar-refractivity contribution in [2.75, 3.05) is 5.73 Å². The van der Waals surface area contributed by atoms with E-state index in [4.69, 9.17) is 16.7 Å². The van der Waals surface area contributed by atoms with Gasteiger partial charge in [0.1, 0.15) is 6.07 Å². The highest BCUT2D eigenvalue weighted by Crippen LogP contribution is 2.12. The van der Waals surface area contributed by atoms with Gasteiger partial charge < -0.3 is 11.5 Å². The first kappa shape index (κ1) is 8.01. The molecule has 0 saturated heterocycles. The van der Waals surface area contributed by atoms with Crippen LogP contribution >= 0.6 is 0 Å². The van der Waals surface area contributed by atoms with Crippen LogP contribution < -0.4 is 11.5 Å². The van der Waals surface area contributed by atoms with Gasteiger partial charge in [-0.2, -0.15) is 5.26 Å². The third-order valence-electron chi connectivity index (χ3n) is 1.34. The minimum Gasteiger partial charge on any atom is -0.396 e. The minimum atomic E-state index is -0.732. The van der Waals surface area contributed by atoms with E-state index in [0.29, 0.717) is 0 Å². The van der Waals surface area contributed by atoms with E-state index in [1.807, 2.05) is 6.07 Å². The van der Waals surface area contributed by atoms with E-state index >= 15 is 0 Å². The van der Waals surface area contributed by atoms with Gasteiger partial charge in [-0.1, -0.05) is 0 Å². The molecule has 0 spiro atoms. The highest BCUT2D eigenvalue weighted by Gasteiger charge is 2.09. The Bertz CT molecular complexity index is 366. The van der Waals surface area contributed by atoms with Crippen LogP contribution in [-0.4, -0.2) is 10.9 Å². The highest BCUT2D eigenvalue weighted by atomic mass is 16.1. The molecule has 0 aliphatic heterocycles. The van der Waals surface area contributed by atoms with Crippen LogP contribution in [-0.2, 0) is 0 Å². The molecule has 60 valence electrons. The van der Waals surface area contributed by atoms with Gasteiger partial charge >= 0.3 is 0 Å². The average Bonchev–Trinajstić information content (AvgIpc) is 2.04. The van der Waals surface area contributed by atoms with Crippen molar-refractivity contribution in [2.24, 2.45) is 5.73 Å². The van der Waals surface area contributed by atoms with Crippen LogP contribution in [0.4, 0.5) is 5.69 Å². The molecule has 0 aliphatic carbocycles. The summed E-state index contributed by atoms with van der Waals surface area (Å²) in [5.74, 6) is -0.732. The first-order valence-electron chi connectivity index (χ1n) is 3.11. The van der Waals surface area contributed by atoms with Crippen molar-refractivity contribution < 1.29 is 4.79 Å². The number of carbonyl (C=O) groups excluding carboxylic acids is 1. The van der Waals surface area contributed by atoms with Crippen molar-refractivity contribution in [1.29, 1.82) is 5.26 Å². The van der Waals surface area contributed by atoms with Gasteiger partial charge in [0.2, 0.25) is 0 Å². The molecule has 1 amide bonds. The number of primary amides is 1. The smallest absolute Gasteiger partial charge is 0.269 e. The molecule has 1 heterocycles. The van der Waals surface area contributed by atoms with Crippen LogP contribution in [0.3, 0.4) is 0 Å². The topological polar surface area (TPSA) is 106 Å². The lowest BCUT2D eigenvalue weighted by atomic mass is 10.2. The summed E-state index contributed by atoms with van der Waals surface area (Å²) >= 11 is 0. The number of nitriles is 1. The molecule has 1 aromatic rings. The van der Waals surface area contributed by atoms with Gasteiger partial charge in [-0.05, 0) is 6.07 Å². The molecule has 5 nitrogen and oxygen atoms in total. The zero-order valence-corrected chi connectivity index (χ0v) is 6.11. The molecule has 0 unspecified atom stereocenters. The van der Waals surface area contributed by atoms with Gasteiger partial charge in [0.05, 0.1) is 11.3 Å². The van der Waals surface area contributed by atoms with E-state index in [1.54, 1.807) is 0 Å². The number of hydrogen-bond donors (Lipinski definition) is 2. The lowest BCUT2D eigenvalue weighted by Crippen LogP contribution is -2.16. The highest BCUT2D eigenvalue weighted by molar-refractivity contribution is 5.96. The predicted molar refractivity (Wildman–Crippen MR) is 41.9 cm³/mol. The Morgan fingerprint density at radius 3 is 2.83 bits per heavy atom. The Kier molecular flexibility index (Phi) is 1.92. The summed E-state index contributed by atoms with van der Waals surface area (Å²) in [6.07, 6.45) is 1.31. The van der Waals surface area contributed by atoms with E-state index in [0.717, 1.165) is 0 Å². The van der Waals surface area contributed by atoms with Crippen molar-refractivity contribution >= 4 is 11.6 Å². The minimum absolute atomic E-state index is 0.0347. The Hall–Kier alpha value is -2.09. The van der Waals surface area contributed by atoms with Gasteiger partial charge in [-0.15, -0.1) is 0 Å². The van der Waals surface area contributed by atoms with Crippen LogP contribution in [0.25, 0.3) is 0 Å². The monoisotopic (exact) mass is 162 g/mol. The van der Waals surface area contributed by atoms with Crippen molar-refractivity contribution in [3.63, 3.8) is 0 Å². The van der Waals surface area contributed by atoms with Gasteiger partial charge in [-0.3, -0.25) is 4.79 Å². The number of amides is 1. The summed E-state index contributed by atoms with van der Waals surface area (Å²) in [6.45, 7) is 0. The number of nitrogen functional groups attached to an aromatic ring is 1. The molecule has 0 saturated carbocycles. The first-order chi connectivity index (χ1) is 5.66. The molecule has 1 rings (SSSR count). The summed E-state index contributed by atoms with van der Waals surface area (Å²) in [4.78, 5) is 14.3. The van der Waals surface area contributed by atoms with Crippen LogP contribution in [0.1, 0.15) is 16.1 Å². The van der Waals surface area contributed by atoms with Gasteiger partial charge in [0.15, 0.2) is 5.69 Å². The molecule has 12 heavy (non-hydrogen) atoms. The number of rotatable bonds is 1. The Morgan fingerprint density at radius 1 is 1.67 bits per heavy atom. The summed E-state index contributed by atoms with van der Waals surface area (Å²) in [5.41, 5.74) is 10.5. The molecule has 0 atom stereocenters. The van der Waals surface area contributed by atoms with E-state index in [9.17, 15) is 4.79 Å². The summed E-state index contributed by atoms with van der Waals surface area (Å²) in [5, 5.41) is 8.51. The second-order valence-electron chi connectivity index (χ2n) is 2.10. The van der Waals surface area contributed by atoms with E-state index in [-0.39, 0.29) is 16.9 Å². The number of carbonyl (C=O) groups is 1. The average molecular weight is 162 g/mol. The largest absolute Gasteiger partial charge is 0.396 e. The van der Waals surface area contributed by atoms with Crippen LogP contribution in [0.2, 0.25) is 0 Å². The number of anilines is 1. The van der Waals surface area contributed by atoms with Crippen LogP contribution in [0.5, 0.6) is 0 Å². The van der Waals surface area contributed by atoms with Crippen molar-refractivity contribution in [2.45, 2.75) is 0 Å². The van der Waals surface area contributed by atoms with Gasteiger partial charge in [0.25, 0.3) is 5.91 Å². The quantitative estimate of drug-likeness (QED) is 0.587. The van der Waals surface area contributed by atoms with E-state index in [1.165, 1.54) is 12.3 Å². The fraction of sp³-hybridized carbons (Fsp3) is 0. The molecule has 0 aliphatic rings. The zero-order valence-electron chi connectivity index (χ0n) is 6.11. The third-order valence-corrected chi connectivity index (χ3v) is 1.34. The van der Waals surface area contributed by atoms with Crippen molar-refractivity contribution in [1.82, 2.24) is 4.98 Å². The Balaban J connectivity index is 3.35. The first-order valence-corrected chi connectivity index (χ1v) is 3.11. The van der Waals surface area contributed by atoms with Gasteiger partial charge in [0, 0.05) is 6.20 Å². The number of hydrogen-bond acceptors (Lipinski definition) is 4. The fourth-order valence-electron chi connectivity index (χ4n) is 0.767. The molecule has 4 N–H and O–H groups in total. The molecule has 0 radical (unpaired) electrons. The standard InChI is InChI=1S/C7H6N4O/c8-3-4-1-2-11-6(5(4)9)7(10)12/h1-2H,9H2,(H2,10,12). The Morgan fingerprint density at radius 2 is 2.33 bits per heavy atom. The van der Waals surface area contributed by atoms with Crippen LogP contribution in [0.15, 0.2) is 12.3 Å². The molecule has 0 fully saturated rings. The van der Waals surface area contributed by atoms with Crippen molar-refractivity contribution in [3.8, 4) is 6.07 Å². The Labute approximate surface area is 68.6 Å². The molecule has 5 heteroatoms. The second-order valence-corrected chi connectivity index (χ2v) is 2.10. The molecular formula is C7H6N4O.